The van der Waals surface area contributed by atoms with Crippen molar-refractivity contribution >= 4 is 28.4 Å². The lowest BCUT2D eigenvalue weighted by molar-refractivity contribution is -0.131. The largest absolute Gasteiger partial charge is 0.479 e. The van der Waals surface area contributed by atoms with Gasteiger partial charge in [0.15, 0.2) is 5.82 Å². The predicted molar refractivity (Wildman–Crippen MR) is 123 cm³/mol. The van der Waals surface area contributed by atoms with Gasteiger partial charge in [0.05, 0.1) is 55.4 Å². The lowest BCUT2D eigenvalue weighted by Crippen LogP contribution is -2.49. The van der Waals surface area contributed by atoms with Crippen molar-refractivity contribution in [3.8, 4) is 17.0 Å². The van der Waals surface area contributed by atoms with Gasteiger partial charge in [0.25, 0.3) is 0 Å². The van der Waals surface area contributed by atoms with Crippen LogP contribution in [0.3, 0.4) is 0 Å². The molecule has 4 aromatic rings. The van der Waals surface area contributed by atoms with Crippen molar-refractivity contribution < 1.29 is 26.8 Å². The van der Waals surface area contributed by atoms with Crippen LogP contribution in [-0.2, 0) is 11.3 Å². The minimum atomic E-state index is -2.84. The predicted octanol–water partition coefficient (Wildman–Crippen LogP) is 3.23. The highest BCUT2D eigenvalue weighted by molar-refractivity contribution is 5.90. The number of aromatic nitrogens is 5. The van der Waals surface area contributed by atoms with Crippen molar-refractivity contribution in [3.05, 3.63) is 36.5 Å². The number of benzene rings is 1. The van der Waals surface area contributed by atoms with Crippen LogP contribution in [0.2, 0.25) is 0 Å². The summed E-state index contributed by atoms with van der Waals surface area (Å²) in [4.78, 5) is 21.5. The van der Waals surface area contributed by atoms with Gasteiger partial charge in [0, 0.05) is 17.5 Å². The summed E-state index contributed by atoms with van der Waals surface area (Å²) in [5, 5.41) is 7.14. The van der Waals surface area contributed by atoms with Crippen LogP contribution in [0.4, 0.5) is 19.1 Å². The van der Waals surface area contributed by atoms with Crippen LogP contribution < -0.4 is 10.1 Å². The van der Waals surface area contributed by atoms with Gasteiger partial charge in [0.1, 0.15) is 18.4 Å². The highest BCUT2D eigenvalue weighted by Gasteiger charge is 2.31. The second-order valence-electron chi connectivity index (χ2n) is 8.23. The Labute approximate surface area is 202 Å². The van der Waals surface area contributed by atoms with Crippen LogP contribution >= 0.6 is 0 Å². The van der Waals surface area contributed by atoms with E-state index in [9.17, 15) is 13.6 Å². The molecule has 0 bridgehead atoms. The number of fused-ring (bicyclic) bond motifs is 2. The second-order valence-corrected chi connectivity index (χ2v) is 8.23. The Bertz CT molecular complexity index is 1510. The van der Waals surface area contributed by atoms with E-state index in [1.807, 2.05) is 0 Å². The second kappa shape index (κ2) is 9.08. The maximum atomic E-state index is 15.3. The molecule has 1 aliphatic rings. The van der Waals surface area contributed by atoms with E-state index in [4.69, 9.17) is 8.85 Å². The Morgan fingerprint density at radius 2 is 2.26 bits per heavy atom. The lowest BCUT2D eigenvalue weighted by atomic mass is 10.0. The number of hydrogen-bond acceptors (Lipinski definition) is 6. The molecule has 1 N–H and O–H groups in total. The first kappa shape index (κ1) is 19.5. The molecular weight excluding hydrogens is 463 g/mol. The zero-order valence-electron chi connectivity index (χ0n) is 21.7. The van der Waals surface area contributed by atoms with E-state index >= 15 is 4.39 Å². The number of carbonyl (C=O) groups is 1. The molecule has 1 aliphatic heterocycles. The first-order valence-corrected chi connectivity index (χ1v) is 10.9. The van der Waals surface area contributed by atoms with Crippen molar-refractivity contribution in [2.24, 2.45) is 0 Å². The molecule has 2 atom stereocenters. The Morgan fingerprint density at radius 3 is 3.00 bits per heavy atom. The van der Waals surface area contributed by atoms with E-state index in [1.165, 1.54) is 18.0 Å². The molecule has 9 nitrogen and oxygen atoms in total. The van der Waals surface area contributed by atoms with Gasteiger partial charge in [-0.1, -0.05) is 6.07 Å². The molecular formula is C23H24F3N7O2. The van der Waals surface area contributed by atoms with Crippen LogP contribution in [0, 0.1) is 5.82 Å². The smallest absolute Gasteiger partial charge is 0.244 e. The maximum absolute atomic E-state index is 15.3. The fraction of sp³-hybridized carbons (Fsp3) is 0.391. The van der Waals surface area contributed by atoms with Crippen molar-refractivity contribution in [2.75, 3.05) is 32.2 Å². The van der Waals surface area contributed by atoms with Gasteiger partial charge in [-0.2, -0.15) is 4.98 Å². The van der Waals surface area contributed by atoms with E-state index < -0.39 is 44.0 Å². The summed E-state index contributed by atoms with van der Waals surface area (Å²) in [5.41, 5.74) is 2.16. The summed E-state index contributed by atoms with van der Waals surface area (Å²) in [6.45, 7) is -3.66. The summed E-state index contributed by atoms with van der Waals surface area (Å²) < 4.78 is 73.1. The van der Waals surface area contributed by atoms with Crippen molar-refractivity contribution in [1.29, 1.82) is 0 Å². The molecule has 0 aliphatic carbocycles. The van der Waals surface area contributed by atoms with E-state index in [0.29, 0.717) is 16.6 Å². The van der Waals surface area contributed by atoms with E-state index in [2.05, 4.69) is 20.4 Å². The zero-order valence-corrected chi connectivity index (χ0v) is 18.7. The molecule has 3 aromatic heterocycles. The summed E-state index contributed by atoms with van der Waals surface area (Å²) in [7, 11) is 1.36. The van der Waals surface area contributed by atoms with Gasteiger partial charge in [-0.05, 0) is 24.1 Å². The van der Waals surface area contributed by atoms with Gasteiger partial charge in [-0.3, -0.25) is 4.79 Å². The summed E-state index contributed by atoms with van der Waals surface area (Å²) in [6.07, 6.45) is 1.20. The van der Waals surface area contributed by atoms with Crippen LogP contribution in [0.5, 0.6) is 5.88 Å². The SMILES string of the molecule is [2H]C([2H])([2H])C(=O)N1CC[C@H](Nc2nc(OC)c3c(-c4ccc5ncn(CCF)c5c4)c(F)cn3n2)[C@H](F)C1. The maximum Gasteiger partial charge on any atom is 0.244 e. The lowest BCUT2D eigenvalue weighted by Gasteiger charge is -2.34. The molecule has 5 rings (SSSR count). The van der Waals surface area contributed by atoms with Gasteiger partial charge in [0.2, 0.25) is 17.7 Å². The fourth-order valence-electron chi connectivity index (χ4n) is 4.40. The first-order chi connectivity index (χ1) is 18.1. The number of nitrogens with one attached hydrogen (secondary N) is 1. The monoisotopic (exact) mass is 490 g/mol. The number of amides is 1. The van der Waals surface area contributed by atoms with E-state index in [-0.39, 0.29) is 42.4 Å². The number of imidazole rings is 1. The van der Waals surface area contributed by atoms with Crippen LogP contribution in [-0.4, -0.2) is 74.0 Å². The number of methoxy groups -OCH3 is 1. The number of likely N-dealkylation sites (tertiary alicyclic amines) is 1. The average Bonchev–Trinajstić information content (AvgIpc) is 3.43. The number of nitrogens with zero attached hydrogens (tertiary/aromatic N) is 6. The summed E-state index contributed by atoms with van der Waals surface area (Å²) in [6, 6.07) is 4.28. The third-order valence-corrected chi connectivity index (χ3v) is 6.12. The number of alkyl halides is 2. The molecule has 0 unspecified atom stereocenters. The van der Waals surface area contributed by atoms with Crippen LogP contribution in [0.1, 0.15) is 17.4 Å². The normalized spacial score (nSPS) is 20.0. The van der Waals surface area contributed by atoms with Crippen molar-refractivity contribution in [3.63, 3.8) is 0 Å². The topological polar surface area (TPSA) is 89.6 Å². The first-order valence-electron chi connectivity index (χ1n) is 12.4. The molecule has 35 heavy (non-hydrogen) atoms. The van der Waals surface area contributed by atoms with Crippen molar-refractivity contribution in [2.45, 2.75) is 32.0 Å². The molecule has 0 radical (unpaired) electrons. The molecule has 184 valence electrons. The Balaban J connectivity index is 1.45. The van der Waals surface area contributed by atoms with E-state index in [1.54, 1.807) is 22.8 Å². The van der Waals surface area contributed by atoms with E-state index in [0.717, 1.165) is 11.1 Å². The third kappa shape index (κ3) is 4.13. The zero-order chi connectivity index (χ0) is 27.2. The number of carbonyl (C=O) groups excluding carboxylic acids is 1. The highest BCUT2D eigenvalue weighted by atomic mass is 19.1. The molecule has 1 aromatic carbocycles. The Morgan fingerprint density at radius 1 is 1.40 bits per heavy atom. The quantitative estimate of drug-likeness (QED) is 0.447. The molecule has 4 heterocycles. The minimum absolute atomic E-state index is 0.0317. The van der Waals surface area contributed by atoms with Gasteiger partial charge in [-0.25, -0.2) is 22.7 Å². The number of ether oxygens (including phenoxy) is 1. The number of rotatable bonds is 6. The Hall–Kier alpha value is -3.83. The molecule has 0 saturated carbocycles. The fourth-order valence-corrected chi connectivity index (χ4v) is 4.40. The average molecular weight is 491 g/mol. The van der Waals surface area contributed by atoms with Gasteiger partial charge >= 0.3 is 0 Å². The Kier molecular flexibility index (Phi) is 5.05. The molecule has 1 amide bonds. The number of aryl methyl sites for hydroxylation is 1. The minimum Gasteiger partial charge on any atom is -0.479 e. The van der Waals surface area contributed by atoms with Crippen LogP contribution in [0.25, 0.3) is 27.7 Å². The molecule has 1 fully saturated rings. The number of halogens is 3. The molecule has 12 heteroatoms. The summed E-state index contributed by atoms with van der Waals surface area (Å²) >= 11 is 0. The van der Waals surface area contributed by atoms with Crippen molar-refractivity contribution in [1.82, 2.24) is 29.0 Å². The van der Waals surface area contributed by atoms with Gasteiger partial charge < -0.3 is 19.5 Å². The summed E-state index contributed by atoms with van der Waals surface area (Å²) in [5.74, 6) is -1.70. The third-order valence-electron chi connectivity index (χ3n) is 6.12. The number of hydrogen-bond donors (Lipinski definition) is 1. The standard InChI is InChI=1S/C23H24F3N7O2/c1-13(34)31-7-5-17(15(25)10-31)28-23-29-22(35-2)21-20(16(26)11-33(21)30-23)14-3-4-18-19(9-14)32(8-6-24)12-27-18/h3-4,9,11-12,15,17H,5-8,10H2,1-2H3,(H,28,30)/t15-,17+/m1/s1/i1D3. The molecule has 1 saturated heterocycles. The molecule has 0 spiro atoms. The number of anilines is 1. The van der Waals surface area contributed by atoms with Gasteiger partial charge in [-0.15, -0.1) is 5.10 Å². The number of piperidine rings is 1. The highest BCUT2D eigenvalue weighted by Crippen LogP contribution is 2.35. The van der Waals surface area contributed by atoms with Crippen LogP contribution in [0.15, 0.2) is 30.7 Å².